The van der Waals surface area contributed by atoms with Crippen molar-refractivity contribution in [3.8, 4) is 0 Å². The maximum Gasteiger partial charge on any atom is 0.332 e. The molecule has 0 amide bonds. The number of ether oxygens (including phenoxy) is 5. The molecule has 2 rings (SSSR count). The van der Waals surface area contributed by atoms with Crippen LogP contribution < -0.4 is 0 Å². The Balaban J connectivity index is 2.05. The van der Waals surface area contributed by atoms with Crippen LogP contribution in [0, 0.1) is 17.8 Å². The van der Waals surface area contributed by atoms with Gasteiger partial charge in [-0.15, -0.1) is 0 Å². The zero-order valence-electron chi connectivity index (χ0n) is 27.7. The number of esters is 3. The summed E-state index contributed by atoms with van der Waals surface area (Å²) in [4.78, 5) is 36.4. The number of carbonyl (C=O) groups excluding carboxylic acids is 3. The average Bonchev–Trinajstić information content (AvgIpc) is 3.72. The zero-order chi connectivity index (χ0) is 33.0. The maximum atomic E-state index is 12.7. The number of hydrogen-bond donors (Lipinski definition) is 2. The second-order valence-corrected chi connectivity index (χ2v) is 12.5. The Bertz CT molecular complexity index is 1030. The fraction of sp³-hybridized carbons (Fsp3) is 0.735. The molecule has 10 unspecified atom stereocenters. The Morgan fingerprint density at radius 2 is 1.91 bits per heavy atom. The molecule has 0 aromatic heterocycles. The fourth-order valence-corrected chi connectivity index (χ4v) is 5.54. The Labute approximate surface area is 262 Å². The number of rotatable bonds is 13. The van der Waals surface area contributed by atoms with Crippen LogP contribution in [0.5, 0.6) is 0 Å². The van der Waals surface area contributed by atoms with Crippen molar-refractivity contribution < 1.29 is 48.3 Å². The van der Waals surface area contributed by atoms with Crippen LogP contribution in [0.1, 0.15) is 87.5 Å². The molecule has 2 aliphatic heterocycles. The topological polar surface area (TPSA) is 141 Å². The van der Waals surface area contributed by atoms with Crippen molar-refractivity contribution in [3.05, 3.63) is 36.0 Å². The van der Waals surface area contributed by atoms with Crippen molar-refractivity contribution in [3.63, 3.8) is 0 Å². The summed E-state index contributed by atoms with van der Waals surface area (Å²) in [6, 6.07) is 0. The lowest BCUT2D eigenvalue weighted by Gasteiger charge is -2.32. The van der Waals surface area contributed by atoms with Gasteiger partial charge in [-0.3, -0.25) is 9.59 Å². The number of cyclic esters (lactones) is 1. The third kappa shape index (κ3) is 12.5. The minimum Gasteiger partial charge on any atom is -0.460 e. The van der Waals surface area contributed by atoms with Gasteiger partial charge in [-0.2, -0.15) is 0 Å². The highest BCUT2D eigenvalue weighted by molar-refractivity contribution is 5.71. The highest BCUT2D eigenvalue weighted by Gasteiger charge is 2.46. The Morgan fingerprint density at radius 3 is 2.55 bits per heavy atom. The summed E-state index contributed by atoms with van der Waals surface area (Å²) in [7, 11) is 0. The van der Waals surface area contributed by atoms with E-state index in [0.29, 0.717) is 13.0 Å². The number of aliphatic hydroxyl groups is 2. The highest BCUT2D eigenvalue weighted by atomic mass is 16.6. The molecule has 10 heteroatoms. The van der Waals surface area contributed by atoms with Crippen LogP contribution in [0.4, 0.5) is 0 Å². The highest BCUT2D eigenvalue weighted by Crippen LogP contribution is 2.37. The van der Waals surface area contributed by atoms with E-state index in [2.05, 4.69) is 13.0 Å². The van der Waals surface area contributed by atoms with Gasteiger partial charge in [-0.1, -0.05) is 52.0 Å². The average molecular weight is 623 g/mol. The van der Waals surface area contributed by atoms with Crippen LogP contribution in [-0.4, -0.2) is 83.6 Å². The third-order valence-corrected chi connectivity index (χ3v) is 8.30. The summed E-state index contributed by atoms with van der Waals surface area (Å²) in [6.07, 6.45) is 8.27. The van der Waals surface area contributed by atoms with Gasteiger partial charge in [-0.05, 0) is 64.0 Å². The quantitative estimate of drug-likeness (QED) is 0.0984. The standard InChI is InChI=1S/C34H54O10/c1-9-27(42-31(38)20-40-10-2)24(6)33-28(43-33)18-21(3)12-11-13-22(4)32-23(5)14-15-29(41-25(7)35)34(8,39)17-16-26(36)19-30(37)44-32/h11-15,21,23-24,26-29,32-33,36,39H,9-10,16-20H2,1-8H3/b12-11+,15-14+,22-13+. The molecule has 250 valence electrons. The molecule has 2 aliphatic rings. The molecule has 10 nitrogen and oxygen atoms in total. The molecule has 0 aliphatic carbocycles. The summed E-state index contributed by atoms with van der Waals surface area (Å²) in [6.45, 7) is 15.0. The molecule has 0 bridgehead atoms. The van der Waals surface area contributed by atoms with E-state index in [1.807, 2.05) is 46.8 Å². The molecule has 0 saturated carbocycles. The molecule has 0 radical (unpaired) electrons. The van der Waals surface area contributed by atoms with Gasteiger partial charge < -0.3 is 33.9 Å². The predicted octanol–water partition coefficient (Wildman–Crippen LogP) is 4.61. The molecule has 0 spiro atoms. The van der Waals surface area contributed by atoms with E-state index in [1.54, 1.807) is 19.1 Å². The van der Waals surface area contributed by atoms with Crippen LogP contribution in [0.2, 0.25) is 0 Å². The number of aliphatic hydroxyl groups excluding tert-OH is 1. The lowest BCUT2D eigenvalue weighted by molar-refractivity contribution is -0.158. The second-order valence-electron chi connectivity index (χ2n) is 12.5. The summed E-state index contributed by atoms with van der Waals surface area (Å²) in [5, 5.41) is 21.4. The van der Waals surface area contributed by atoms with Gasteiger partial charge in [0.05, 0.1) is 24.7 Å². The smallest absolute Gasteiger partial charge is 0.332 e. The van der Waals surface area contributed by atoms with Crippen molar-refractivity contribution >= 4 is 17.9 Å². The molecule has 1 fully saturated rings. The fourth-order valence-electron chi connectivity index (χ4n) is 5.54. The van der Waals surface area contributed by atoms with E-state index >= 15 is 0 Å². The van der Waals surface area contributed by atoms with E-state index in [1.165, 1.54) is 6.92 Å². The van der Waals surface area contributed by atoms with E-state index in [-0.39, 0.29) is 67.9 Å². The van der Waals surface area contributed by atoms with Crippen molar-refractivity contribution in [2.75, 3.05) is 13.2 Å². The van der Waals surface area contributed by atoms with Gasteiger partial charge >= 0.3 is 17.9 Å². The molecule has 2 N–H and O–H groups in total. The minimum atomic E-state index is -1.42. The van der Waals surface area contributed by atoms with Crippen molar-refractivity contribution in [2.24, 2.45) is 17.8 Å². The summed E-state index contributed by atoms with van der Waals surface area (Å²) in [5.74, 6) is -1.43. The Kier molecular flexibility index (Phi) is 15.3. The molecule has 10 atom stereocenters. The van der Waals surface area contributed by atoms with Gasteiger partial charge in [0.2, 0.25) is 0 Å². The third-order valence-electron chi connectivity index (χ3n) is 8.30. The number of carbonyl (C=O) groups is 3. The van der Waals surface area contributed by atoms with Gasteiger partial charge in [-0.25, -0.2) is 4.79 Å². The lowest BCUT2D eigenvalue weighted by Crippen LogP contribution is -2.42. The molecule has 2 heterocycles. The van der Waals surface area contributed by atoms with Crippen molar-refractivity contribution in [1.29, 1.82) is 0 Å². The molecule has 44 heavy (non-hydrogen) atoms. The van der Waals surface area contributed by atoms with Crippen LogP contribution in [0.3, 0.4) is 0 Å². The number of allylic oxidation sites excluding steroid dienone is 3. The van der Waals surface area contributed by atoms with Gasteiger partial charge in [0.1, 0.15) is 30.5 Å². The molecule has 0 aromatic rings. The predicted molar refractivity (Wildman–Crippen MR) is 165 cm³/mol. The van der Waals surface area contributed by atoms with Crippen LogP contribution in [-0.2, 0) is 38.1 Å². The van der Waals surface area contributed by atoms with Crippen LogP contribution in [0.15, 0.2) is 36.0 Å². The first-order valence-electron chi connectivity index (χ1n) is 15.9. The van der Waals surface area contributed by atoms with E-state index in [0.717, 1.165) is 12.0 Å². The van der Waals surface area contributed by atoms with Crippen LogP contribution in [0.25, 0.3) is 0 Å². The monoisotopic (exact) mass is 622 g/mol. The SMILES string of the molecule is CCOCC(=O)OC(CC)C(C)C1OC1CC(C)/C=C/C=C(\C)C1OC(=O)CC(O)CCC(C)(O)C(OC(C)=O)/C=C/C1C. The number of hydrogen-bond acceptors (Lipinski definition) is 10. The largest absolute Gasteiger partial charge is 0.460 e. The second kappa shape index (κ2) is 17.8. The van der Waals surface area contributed by atoms with Gasteiger partial charge in [0, 0.05) is 25.4 Å². The van der Waals surface area contributed by atoms with Crippen molar-refractivity contribution in [1.82, 2.24) is 0 Å². The lowest BCUT2D eigenvalue weighted by atomic mass is 9.88. The summed E-state index contributed by atoms with van der Waals surface area (Å²) in [5.41, 5.74) is -0.617. The van der Waals surface area contributed by atoms with Crippen LogP contribution >= 0.6 is 0 Å². The zero-order valence-corrected chi connectivity index (χ0v) is 27.7. The normalized spacial score (nSPS) is 32.9. The van der Waals surface area contributed by atoms with E-state index in [9.17, 15) is 24.6 Å². The first-order valence-corrected chi connectivity index (χ1v) is 15.9. The van der Waals surface area contributed by atoms with E-state index < -0.39 is 35.9 Å². The first kappa shape index (κ1) is 37.7. The molecular formula is C34H54O10. The first-order chi connectivity index (χ1) is 20.7. The maximum absolute atomic E-state index is 12.7. The minimum absolute atomic E-state index is 0.0307. The van der Waals surface area contributed by atoms with E-state index in [4.69, 9.17) is 23.7 Å². The van der Waals surface area contributed by atoms with Gasteiger partial charge in [0.25, 0.3) is 0 Å². The van der Waals surface area contributed by atoms with Crippen molar-refractivity contribution in [2.45, 2.75) is 130 Å². The number of epoxide rings is 1. The Morgan fingerprint density at radius 1 is 1.20 bits per heavy atom. The van der Waals surface area contributed by atoms with Gasteiger partial charge in [0.15, 0.2) is 0 Å². The molecule has 1 saturated heterocycles. The molecule has 0 aromatic carbocycles. The molecular weight excluding hydrogens is 568 g/mol. The Hall–Kier alpha value is -2.53. The summed E-state index contributed by atoms with van der Waals surface area (Å²) < 4.78 is 27.9. The summed E-state index contributed by atoms with van der Waals surface area (Å²) >= 11 is 0.